The summed E-state index contributed by atoms with van der Waals surface area (Å²) in [6.45, 7) is 0.284. The minimum absolute atomic E-state index is 0.386. The van der Waals surface area contributed by atoms with Crippen LogP contribution in [0.1, 0.15) is 5.56 Å². The molecule has 0 spiro atoms. The van der Waals surface area contributed by atoms with Crippen LogP contribution in [0.5, 0.6) is 0 Å². The van der Waals surface area contributed by atoms with E-state index in [1.54, 1.807) is 18.5 Å². The highest BCUT2D eigenvalue weighted by molar-refractivity contribution is 6.29. The lowest BCUT2D eigenvalue weighted by Crippen LogP contribution is -2.07. The summed E-state index contributed by atoms with van der Waals surface area (Å²) >= 11 is 5.69. The van der Waals surface area contributed by atoms with E-state index in [4.69, 9.17) is 11.6 Å². The van der Waals surface area contributed by atoms with Crippen LogP contribution < -0.4 is 5.32 Å². The van der Waals surface area contributed by atoms with Crippen LogP contribution in [0, 0.1) is 0 Å². The van der Waals surface area contributed by atoms with Crippen LogP contribution in [0.4, 0.5) is 14.5 Å². The van der Waals surface area contributed by atoms with Crippen molar-refractivity contribution in [1.82, 2.24) is 14.8 Å². The lowest BCUT2D eigenvalue weighted by molar-refractivity contribution is 0.122. The summed E-state index contributed by atoms with van der Waals surface area (Å²) in [4.78, 5) is 3.98. The van der Waals surface area contributed by atoms with Crippen molar-refractivity contribution in [2.75, 3.05) is 11.9 Å². The van der Waals surface area contributed by atoms with E-state index in [0.717, 1.165) is 17.7 Å². The van der Waals surface area contributed by atoms with Crippen molar-refractivity contribution < 1.29 is 8.78 Å². The molecule has 0 aliphatic carbocycles. The molecule has 2 aromatic heterocycles. The summed E-state index contributed by atoms with van der Waals surface area (Å²) in [6, 6.07) is 3.63. The van der Waals surface area contributed by atoms with Gasteiger partial charge in [0, 0.05) is 18.9 Å². The number of hydrogen-bond acceptors (Lipinski definition) is 3. The predicted octanol–water partition coefficient (Wildman–Crippen LogP) is 2.85. The molecule has 1 N–H and O–H groups in total. The number of rotatable bonds is 6. The standard InChI is InChI=1S/C12H13ClF2N4/c13-11-2-1-9(5-17-11)3-4-16-10-6-18-19(7-10)8-12(14)15/h1-2,5-7,12,16H,3-4,8H2. The minimum atomic E-state index is -2.40. The molecule has 0 amide bonds. The summed E-state index contributed by atoms with van der Waals surface area (Å²) < 4.78 is 25.5. The molecule has 0 bridgehead atoms. The fourth-order valence-corrected chi connectivity index (χ4v) is 1.71. The molecular formula is C12H13ClF2N4. The Balaban J connectivity index is 1.79. The number of pyridine rings is 1. The van der Waals surface area contributed by atoms with Gasteiger partial charge < -0.3 is 5.32 Å². The average Bonchev–Trinajstić information content (AvgIpc) is 2.78. The van der Waals surface area contributed by atoms with Gasteiger partial charge in [0.1, 0.15) is 11.7 Å². The van der Waals surface area contributed by atoms with Crippen LogP contribution in [0.2, 0.25) is 5.15 Å². The lowest BCUT2D eigenvalue weighted by atomic mass is 10.2. The van der Waals surface area contributed by atoms with Gasteiger partial charge in [-0.3, -0.25) is 4.68 Å². The highest BCUT2D eigenvalue weighted by Crippen LogP contribution is 2.09. The molecular weight excluding hydrogens is 274 g/mol. The van der Waals surface area contributed by atoms with Gasteiger partial charge in [0.05, 0.1) is 11.9 Å². The first kappa shape index (κ1) is 13.7. The van der Waals surface area contributed by atoms with Gasteiger partial charge in [0.2, 0.25) is 0 Å². The maximum Gasteiger partial charge on any atom is 0.257 e. The molecule has 0 fully saturated rings. The highest BCUT2D eigenvalue weighted by Gasteiger charge is 2.05. The molecule has 19 heavy (non-hydrogen) atoms. The minimum Gasteiger partial charge on any atom is -0.382 e. The molecule has 0 saturated heterocycles. The van der Waals surface area contributed by atoms with Crippen molar-refractivity contribution in [2.24, 2.45) is 0 Å². The van der Waals surface area contributed by atoms with Crippen LogP contribution >= 0.6 is 11.6 Å². The zero-order valence-corrected chi connectivity index (χ0v) is 10.8. The topological polar surface area (TPSA) is 42.7 Å². The van der Waals surface area contributed by atoms with Gasteiger partial charge in [-0.2, -0.15) is 5.10 Å². The van der Waals surface area contributed by atoms with E-state index in [1.165, 1.54) is 10.9 Å². The number of anilines is 1. The van der Waals surface area contributed by atoms with E-state index >= 15 is 0 Å². The van der Waals surface area contributed by atoms with E-state index in [-0.39, 0.29) is 6.54 Å². The molecule has 0 aliphatic rings. The quantitative estimate of drug-likeness (QED) is 0.831. The number of hydrogen-bond donors (Lipinski definition) is 1. The Morgan fingerprint density at radius 2 is 2.16 bits per heavy atom. The maximum absolute atomic E-state index is 12.1. The normalized spacial score (nSPS) is 10.9. The molecule has 0 radical (unpaired) electrons. The largest absolute Gasteiger partial charge is 0.382 e. The van der Waals surface area contributed by atoms with Gasteiger partial charge >= 0.3 is 0 Å². The van der Waals surface area contributed by atoms with Gasteiger partial charge in [-0.25, -0.2) is 13.8 Å². The maximum atomic E-state index is 12.1. The molecule has 2 aromatic rings. The Morgan fingerprint density at radius 1 is 1.32 bits per heavy atom. The number of aromatic nitrogens is 3. The van der Waals surface area contributed by atoms with Crippen molar-refractivity contribution in [2.45, 2.75) is 19.4 Å². The number of nitrogens with zero attached hydrogens (tertiary/aromatic N) is 3. The fraction of sp³-hybridized carbons (Fsp3) is 0.333. The van der Waals surface area contributed by atoms with Crippen LogP contribution in [0.25, 0.3) is 0 Å². The summed E-state index contributed by atoms with van der Waals surface area (Å²) in [5.41, 5.74) is 1.78. The third-order valence-electron chi connectivity index (χ3n) is 2.49. The van der Waals surface area contributed by atoms with E-state index in [9.17, 15) is 8.78 Å². The van der Waals surface area contributed by atoms with Crippen LogP contribution in [-0.4, -0.2) is 27.7 Å². The molecule has 0 aromatic carbocycles. The third-order valence-corrected chi connectivity index (χ3v) is 2.71. The molecule has 7 heteroatoms. The van der Waals surface area contributed by atoms with Crippen molar-refractivity contribution in [3.63, 3.8) is 0 Å². The molecule has 0 atom stereocenters. The van der Waals surface area contributed by atoms with Gasteiger partial charge in [-0.15, -0.1) is 0 Å². The average molecular weight is 287 g/mol. The smallest absolute Gasteiger partial charge is 0.257 e. The van der Waals surface area contributed by atoms with Crippen molar-refractivity contribution in [3.05, 3.63) is 41.4 Å². The summed E-state index contributed by atoms with van der Waals surface area (Å²) in [7, 11) is 0. The second-order valence-corrected chi connectivity index (χ2v) is 4.40. The van der Waals surface area contributed by atoms with Gasteiger partial charge in [-0.05, 0) is 18.1 Å². The number of nitrogens with one attached hydrogen (secondary N) is 1. The van der Waals surface area contributed by atoms with Crippen molar-refractivity contribution in [1.29, 1.82) is 0 Å². The summed E-state index contributed by atoms with van der Waals surface area (Å²) in [6.07, 6.45) is 3.18. The zero-order chi connectivity index (χ0) is 13.7. The summed E-state index contributed by atoms with van der Waals surface area (Å²) in [5, 5.41) is 7.41. The Hall–Kier alpha value is -1.69. The van der Waals surface area contributed by atoms with Gasteiger partial charge in [0.25, 0.3) is 6.43 Å². The van der Waals surface area contributed by atoms with E-state index < -0.39 is 6.43 Å². The predicted molar refractivity (Wildman–Crippen MR) is 69.7 cm³/mol. The molecule has 2 rings (SSSR count). The SMILES string of the molecule is FC(F)Cn1cc(NCCc2ccc(Cl)nc2)cn1. The Bertz CT molecular complexity index is 513. The number of halogens is 3. The van der Waals surface area contributed by atoms with Crippen LogP contribution in [-0.2, 0) is 13.0 Å². The second kappa shape index (κ2) is 6.47. The molecule has 4 nitrogen and oxygen atoms in total. The zero-order valence-electron chi connectivity index (χ0n) is 10.1. The van der Waals surface area contributed by atoms with Crippen molar-refractivity contribution >= 4 is 17.3 Å². The van der Waals surface area contributed by atoms with E-state index in [2.05, 4.69) is 15.4 Å². The highest BCUT2D eigenvalue weighted by atomic mass is 35.5. The lowest BCUT2D eigenvalue weighted by Gasteiger charge is -2.03. The number of alkyl halides is 2. The second-order valence-electron chi connectivity index (χ2n) is 4.01. The molecule has 2 heterocycles. The van der Waals surface area contributed by atoms with Gasteiger partial charge in [0.15, 0.2) is 0 Å². The monoisotopic (exact) mass is 286 g/mol. The summed E-state index contributed by atoms with van der Waals surface area (Å²) in [5.74, 6) is 0. The molecule has 0 unspecified atom stereocenters. The molecule has 102 valence electrons. The first-order chi connectivity index (χ1) is 9.13. The third kappa shape index (κ3) is 4.48. The molecule has 0 aliphatic heterocycles. The Labute approximate surface area is 114 Å². The van der Waals surface area contributed by atoms with Crippen molar-refractivity contribution in [3.8, 4) is 0 Å². The van der Waals surface area contributed by atoms with Crippen LogP contribution in [0.3, 0.4) is 0 Å². The van der Waals surface area contributed by atoms with Crippen LogP contribution in [0.15, 0.2) is 30.7 Å². The fourth-order valence-electron chi connectivity index (χ4n) is 1.60. The molecule has 0 saturated carbocycles. The van der Waals surface area contributed by atoms with E-state index in [1.807, 2.05) is 6.07 Å². The first-order valence-electron chi connectivity index (χ1n) is 5.78. The van der Waals surface area contributed by atoms with Gasteiger partial charge in [-0.1, -0.05) is 17.7 Å². The Kier molecular flexibility index (Phi) is 4.68. The van der Waals surface area contributed by atoms with E-state index in [0.29, 0.717) is 11.7 Å². The first-order valence-corrected chi connectivity index (χ1v) is 6.16. The Morgan fingerprint density at radius 3 is 2.84 bits per heavy atom.